The molecule has 0 aliphatic heterocycles. The van der Waals surface area contributed by atoms with Gasteiger partial charge in [-0.05, 0) is 42.2 Å². The normalized spacial score (nSPS) is 19.7. The van der Waals surface area contributed by atoms with E-state index >= 15 is 0 Å². The van der Waals surface area contributed by atoms with E-state index in [4.69, 9.17) is 11.6 Å². The smallest absolute Gasteiger partial charge is 0.223 e. The van der Waals surface area contributed by atoms with E-state index in [-0.39, 0.29) is 22.6 Å². The number of rotatable bonds is 4. The van der Waals surface area contributed by atoms with E-state index in [1.807, 2.05) is 0 Å². The molecule has 0 aromatic heterocycles. The van der Waals surface area contributed by atoms with Gasteiger partial charge in [-0.3, -0.25) is 4.79 Å². The lowest BCUT2D eigenvalue weighted by atomic mass is 9.83. The molecule has 2 rings (SSSR count). The van der Waals surface area contributed by atoms with Crippen LogP contribution in [0.25, 0.3) is 0 Å². The quantitative estimate of drug-likeness (QED) is 0.838. The lowest BCUT2D eigenvalue weighted by molar-refractivity contribution is -0.125. The fraction of sp³-hybridized carbons (Fsp3) is 0.611. The summed E-state index contributed by atoms with van der Waals surface area (Å²) in [4.78, 5) is 12.3. The Labute approximate surface area is 133 Å². The lowest BCUT2D eigenvalue weighted by Crippen LogP contribution is -2.38. The van der Waals surface area contributed by atoms with Crippen LogP contribution in [-0.2, 0) is 17.6 Å². The number of benzene rings is 1. The Bertz CT molecular complexity index is 492. The Hall–Kier alpha value is -1.02. The number of nitrogens with one attached hydrogen (secondary N) is 1. The third-order valence-electron chi connectivity index (χ3n) is 4.05. The molecule has 2 nitrogen and oxygen atoms in total. The Balaban J connectivity index is 1.82. The second-order valence-corrected chi connectivity index (χ2v) is 7.93. The number of hydrogen-bond acceptors (Lipinski definition) is 1. The molecule has 1 aliphatic carbocycles. The summed E-state index contributed by atoms with van der Waals surface area (Å²) >= 11 is 6.31. The Morgan fingerprint density at radius 2 is 2.00 bits per heavy atom. The van der Waals surface area contributed by atoms with Crippen LogP contribution in [0.3, 0.4) is 0 Å². The van der Waals surface area contributed by atoms with Crippen molar-refractivity contribution in [3.05, 3.63) is 35.4 Å². The lowest BCUT2D eigenvalue weighted by Gasteiger charge is -2.25. The monoisotopic (exact) mass is 307 g/mol. The van der Waals surface area contributed by atoms with Gasteiger partial charge in [0.25, 0.3) is 0 Å². The summed E-state index contributed by atoms with van der Waals surface area (Å²) < 4.78 is 0. The largest absolute Gasteiger partial charge is 0.354 e. The zero-order valence-electron chi connectivity index (χ0n) is 13.3. The minimum absolute atomic E-state index is 0.00447. The van der Waals surface area contributed by atoms with Crippen molar-refractivity contribution in [2.24, 2.45) is 11.3 Å². The van der Waals surface area contributed by atoms with Crippen LogP contribution in [0.2, 0.25) is 0 Å². The van der Waals surface area contributed by atoms with Crippen molar-refractivity contribution >= 4 is 17.5 Å². The highest BCUT2D eigenvalue weighted by molar-refractivity contribution is 6.20. The molecule has 0 bridgehead atoms. The summed E-state index contributed by atoms with van der Waals surface area (Å²) in [6, 6.07) is 8.43. The van der Waals surface area contributed by atoms with Crippen molar-refractivity contribution in [1.82, 2.24) is 5.32 Å². The molecule has 0 heterocycles. The number of hydrogen-bond donors (Lipinski definition) is 1. The van der Waals surface area contributed by atoms with Crippen LogP contribution in [0.5, 0.6) is 0 Å². The molecule has 0 saturated carbocycles. The average Bonchev–Trinajstić information content (AvgIpc) is 2.42. The number of aryl methyl sites for hydroxylation is 1. The summed E-state index contributed by atoms with van der Waals surface area (Å²) in [5.74, 6) is 0.252. The molecule has 1 N–H and O–H groups in total. The molecule has 0 radical (unpaired) electrons. The predicted octanol–water partition coefficient (Wildman–Crippen LogP) is 3.95. The summed E-state index contributed by atoms with van der Waals surface area (Å²) in [7, 11) is 0. The van der Waals surface area contributed by atoms with Gasteiger partial charge in [-0.15, -0.1) is 11.6 Å². The molecule has 1 amide bonds. The minimum Gasteiger partial charge on any atom is -0.354 e. The fourth-order valence-corrected chi connectivity index (χ4v) is 3.55. The van der Waals surface area contributed by atoms with E-state index in [2.05, 4.69) is 50.4 Å². The van der Waals surface area contributed by atoms with Crippen molar-refractivity contribution in [3.8, 4) is 0 Å². The number of amides is 1. The van der Waals surface area contributed by atoms with Crippen molar-refractivity contribution in [3.63, 3.8) is 0 Å². The van der Waals surface area contributed by atoms with Gasteiger partial charge in [0.15, 0.2) is 0 Å². The molecule has 21 heavy (non-hydrogen) atoms. The molecular weight excluding hydrogens is 282 g/mol. The van der Waals surface area contributed by atoms with E-state index in [0.29, 0.717) is 6.54 Å². The van der Waals surface area contributed by atoms with Gasteiger partial charge in [0, 0.05) is 12.5 Å². The summed E-state index contributed by atoms with van der Waals surface area (Å²) in [5, 5.41) is 3.04. The van der Waals surface area contributed by atoms with Crippen molar-refractivity contribution in [2.45, 2.75) is 51.8 Å². The summed E-state index contributed by atoms with van der Waals surface area (Å²) in [6.07, 6.45) is 3.70. The van der Waals surface area contributed by atoms with Crippen LogP contribution in [0, 0.1) is 11.3 Å². The first-order valence-corrected chi connectivity index (χ1v) is 8.27. The SMILES string of the molecule is CC(C)(C)CC(Cl)CNC(=O)C1CCc2ccccc2C1. The van der Waals surface area contributed by atoms with E-state index in [1.54, 1.807) is 0 Å². The zero-order chi connectivity index (χ0) is 15.5. The van der Waals surface area contributed by atoms with Gasteiger partial charge in [0.05, 0.1) is 5.38 Å². The van der Waals surface area contributed by atoms with Gasteiger partial charge in [-0.2, -0.15) is 0 Å². The van der Waals surface area contributed by atoms with E-state index in [1.165, 1.54) is 11.1 Å². The van der Waals surface area contributed by atoms with Crippen LogP contribution >= 0.6 is 11.6 Å². The highest BCUT2D eigenvalue weighted by atomic mass is 35.5. The first kappa shape index (κ1) is 16.4. The molecule has 1 aromatic carbocycles. The summed E-state index contributed by atoms with van der Waals surface area (Å²) in [6.45, 7) is 7.07. The van der Waals surface area contributed by atoms with Gasteiger partial charge in [-0.25, -0.2) is 0 Å². The van der Waals surface area contributed by atoms with Crippen LogP contribution in [0.4, 0.5) is 0 Å². The van der Waals surface area contributed by atoms with Gasteiger partial charge in [0.1, 0.15) is 0 Å². The first-order valence-electron chi connectivity index (χ1n) is 7.84. The molecule has 0 saturated heterocycles. The molecule has 2 atom stereocenters. The highest BCUT2D eigenvalue weighted by Crippen LogP contribution is 2.26. The standard InChI is InChI=1S/C18H26ClNO/c1-18(2,3)11-16(19)12-20-17(21)15-9-8-13-6-4-5-7-14(13)10-15/h4-7,15-16H,8-12H2,1-3H3,(H,20,21). The van der Waals surface area contributed by atoms with E-state index in [9.17, 15) is 4.79 Å². The first-order chi connectivity index (χ1) is 9.85. The number of halogens is 1. The zero-order valence-corrected chi connectivity index (χ0v) is 14.0. The van der Waals surface area contributed by atoms with Gasteiger partial charge in [0.2, 0.25) is 5.91 Å². The maximum atomic E-state index is 12.3. The maximum absolute atomic E-state index is 12.3. The van der Waals surface area contributed by atoms with Crippen LogP contribution < -0.4 is 5.32 Å². The Morgan fingerprint density at radius 3 is 2.67 bits per heavy atom. The third-order valence-corrected chi connectivity index (χ3v) is 4.36. The van der Waals surface area contributed by atoms with Crippen molar-refractivity contribution in [1.29, 1.82) is 0 Å². The summed E-state index contributed by atoms with van der Waals surface area (Å²) in [5.41, 5.74) is 2.91. The van der Waals surface area contributed by atoms with E-state index < -0.39 is 0 Å². The molecule has 1 aromatic rings. The van der Waals surface area contributed by atoms with Gasteiger partial charge in [-0.1, -0.05) is 45.0 Å². The molecular formula is C18H26ClNO. The minimum atomic E-state index is 0.00447. The predicted molar refractivity (Wildman–Crippen MR) is 88.7 cm³/mol. The number of carbonyl (C=O) groups excluding carboxylic acids is 1. The second-order valence-electron chi connectivity index (χ2n) is 7.32. The van der Waals surface area contributed by atoms with Gasteiger partial charge < -0.3 is 5.32 Å². The van der Waals surface area contributed by atoms with Crippen LogP contribution in [0.1, 0.15) is 44.7 Å². The molecule has 116 valence electrons. The molecule has 2 unspecified atom stereocenters. The van der Waals surface area contributed by atoms with E-state index in [0.717, 1.165) is 25.7 Å². The van der Waals surface area contributed by atoms with Crippen LogP contribution in [-0.4, -0.2) is 17.8 Å². The molecule has 3 heteroatoms. The average molecular weight is 308 g/mol. The Kier molecular flexibility index (Phi) is 5.32. The topological polar surface area (TPSA) is 29.1 Å². The Morgan fingerprint density at radius 1 is 1.33 bits per heavy atom. The highest BCUT2D eigenvalue weighted by Gasteiger charge is 2.25. The van der Waals surface area contributed by atoms with Crippen LogP contribution in [0.15, 0.2) is 24.3 Å². The third kappa shape index (κ3) is 5.03. The maximum Gasteiger partial charge on any atom is 0.223 e. The van der Waals surface area contributed by atoms with Crippen molar-refractivity contribution in [2.75, 3.05) is 6.54 Å². The second kappa shape index (κ2) is 6.83. The molecule has 0 spiro atoms. The molecule has 0 fully saturated rings. The number of carbonyl (C=O) groups is 1. The van der Waals surface area contributed by atoms with Gasteiger partial charge >= 0.3 is 0 Å². The number of alkyl halides is 1. The number of fused-ring (bicyclic) bond motifs is 1. The van der Waals surface area contributed by atoms with Crippen molar-refractivity contribution < 1.29 is 4.79 Å². The fourth-order valence-electron chi connectivity index (χ4n) is 3.01. The molecule has 1 aliphatic rings.